The third-order valence-corrected chi connectivity index (χ3v) is 8.86. The molecule has 11 heteroatoms. The van der Waals surface area contributed by atoms with E-state index in [0.717, 1.165) is 42.8 Å². The van der Waals surface area contributed by atoms with Crippen molar-refractivity contribution >= 4 is 22.9 Å². The van der Waals surface area contributed by atoms with Crippen molar-refractivity contribution in [2.45, 2.75) is 83.9 Å². The molecule has 0 unspecified atom stereocenters. The van der Waals surface area contributed by atoms with Gasteiger partial charge in [-0.05, 0) is 57.3 Å². The quantitative estimate of drug-likeness (QED) is 0.465. The van der Waals surface area contributed by atoms with Gasteiger partial charge >= 0.3 is 5.76 Å². The van der Waals surface area contributed by atoms with Gasteiger partial charge in [0.05, 0.1) is 13.1 Å². The minimum absolute atomic E-state index is 0.180. The Morgan fingerprint density at radius 1 is 1.14 bits per heavy atom. The van der Waals surface area contributed by atoms with E-state index in [1.807, 2.05) is 0 Å². The van der Waals surface area contributed by atoms with Gasteiger partial charge in [0.1, 0.15) is 11.1 Å². The van der Waals surface area contributed by atoms with E-state index in [4.69, 9.17) is 24.2 Å². The van der Waals surface area contributed by atoms with Crippen LogP contribution in [0.2, 0.25) is 0 Å². The van der Waals surface area contributed by atoms with Gasteiger partial charge < -0.3 is 24.0 Å². The van der Waals surface area contributed by atoms with Crippen molar-refractivity contribution in [3.05, 3.63) is 10.6 Å². The summed E-state index contributed by atoms with van der Waals surface area (Å²) in [5.41, 5.74) is 1.34. The summed E-state index contributed by atoms with van der Waals surface area (Å²) in [6, 6.07) is 0.263. The van der Waals surface area contributed by atoms with E-state index in [1.54, 1.807) is 7.11 Å². The number of aromatic nitrogens is 6. The molecule has 3 aromatic rings. The first-order valence-corrected chi connectivity index (χ1v) is 13.7. The van der Waals surface area contributed by atoms with Gasteiger partial charge in [-0.2, -0.15) is 10.1 Å². The maximum absolute atomic E-state index is 11.6. The van der Waals surface area contributed by atoms with Crippen LogP contribution in [0.3, 0.4) is 0 Å². The van der Waals surface area contributed by atoms with Crippen LogP contribution in [0.15, 0.2) is 9.32 Å². The van der Waals surface area contributed by atoms with Crippen molar-refractivity contribution in [1.82, 2.24) is 29.7 Å². The SMILES string of the molecule is COC1(C)CN(c2nc3nc(-c4nc(=O)o[nH]4)nc(N[C@H](C)C4CCC4)c3n2CC2CCC(C)CC2)C1. The van der Waals surface area contributed by atoms with Gasteiger partial charge in [0.25, 0.3) is 0 Å². The number of ether oxygens (including phenoxy) is 1. The molecule has 0 spiro atoms. The molecule has 37 heavy (non-hydrogen) atoms. The molecule has 200 valence electrons. The van der Waals surface area contributed by atoms with Crippen molar-refractivity contribution in [1.29, 1.82) is 0 Å². The summed E-state index contributed by atoms with van der Waals surface area (Å²) in [4.78, 5) is 32.5. The molecule has 0 aromatic carbocycles. The summed E-state index contributed by atoms with van der Waals surface area (Å²) in [5.74, 6) is 3.45. The highest BCUT2D eigenvalue weighted by atomic mass is 16.5. The van der Waals surface area contributed by atoms with Crippen LogP contribution in [0.1, 0.15) is 65.7 Å². The Balaban J connectivity index is 1.45. The van der Waals surface area contributed by atoms with E-state index in [-0.39, 0.29) is 17.5 Å². The van der Waals surface area contributed by atoms with Crippen LogP contribution in [-0.2, 0) is 11.3 Å². The minimum atomic E-state index is -0.701. The van der Waals surface area contributed by atoms with Crippen molar-refractivity contribution in [2.75, 3.05) is 30.4 Å². The fourth-order valence-electron chi connectivity index (χ4n) is 6.04. The standard InChI is InChI=1S/C26H38N8O3/c1-15-8-10-17(11-9-15)12-34-19-20(27-16(2)18-6-5-7-18)28-22(23-31-25(35)37-32-23)29-21(19)30-24(34)33-13-26(3,14-33)36-4/h15-18H,5-14H2,1-4H3,(H,27,28,29)(H,31,32,35)/t15?,16-,17?/m1/s1. The zero-order chi connectivity index (χ0) is 25.7. The number of aromatic amines is 1. The zero-order valence-corrected chi connectivity index (χ0v) is 22.3. The van der Waals surface area contributed by atoms with Crippen LogP contribution in [0, 0.1) is 17.8 Å². The smallest absolute Gasteiger partial charge is 0.375 e. The first-order valence-electron chi connectivity index (χ1n) is 13.7. The molecule has 3 aliphatic rings. The third-order valence-electron chi connectivity index (χ3n) is 8.86. The Labute approximate surface area is 216 Å². The number of hydrogen-bond acceptors (Lipinski definition) is 9. The summed E-state index contributed by atoms with van der Waals surface area (Å²) in [6.07, 6.45) is 8.69. The average molecular weight is 511 g/mol. The second kappa shape index (κ2) is 9.41. The fourth-order valence-corrected chi connectivity index (χ4v) is 6.04. The van der Waals surface area contributed by atoms with Crippen LogP contribution in [-0.4, -0.2) is 61.5 Å². The lowest BCUT2D eigenvalue weighted by molar-refractivity contribution is -0.0178. The number of anilines is 2. The van der Waals surface area contributed by atoms with Crippen LogP contribution in [0.5, 0.6) is 0 Å². The molecule has 3 aromatic heterocycles. The minimum Gasteiger partial charge on any atom is -0.375 e. The molecule has 11 nitrogen and oxygen atoms in total. The van der Waals surface area contributed by atoms with Crippen molar-refractivity contribution < 1.29 is 9.26 Å². The third kappa shape index (κ3) is 4.62. The molecule has 3 fully saturated rings. The molecule has 2 saturated carbocycles. The summed E-state index contributed by atoms with van der Waals surface area (Å²) >= 11 is 0. The number of rotatable bonds is 8. The molecule has 2 N–H and O–H groups in total. The Hall–Kier alpha value is -2.95. The van der Waals surface area contributed by atoms with Crippen molar-refractivity contribution in [3.63, 3.8) is 0 Å². The number of nitrogens with one attached hydrogen (secondary N) is 2. The fraction of sp³-hybridized carbons (Fsp3) is 0.731. The van der Waals surface area contributed by atoms with Crippen LogP contribution in [0.4, 0.5) is 11.8 Å². The molecule has 0 bridgehead atoms. The van der Waals surface area contributed by atoms with E-state index in [1.165, 1.54) is 44.9 Å². The van der Waals surface area contributed by atoms with Crippen molar-refractivity contribution in [3.8, 4) is 11.6 Å². The normalized spacial score (nSPS) is 24.6. The molecule has 1 aliphatic heterocycles. The highest BCUT2D eigenvalue weighted by Gasteiger charge is 2.42. The van der Waals surface area contributed by atoms with E-state index >= 15 is 0 Å². The Kier molecular flexibility index (Phi) is 6.21. The van der Waals surface area contributed by atoms with E-state index < -0.39 is 5.76 Å². The highest BCUT2D eigenvalue weighted by molar-refractivity contribution is 5.87. The summed E-state index contributed by atoms with van der Waals surface area (Å²) in [7, 11) is 1.77. The largest absolute Gasteiger partial charge is 0.460 e. The molecule has 2 aliphatic carbocycles. The average Bonchev–Trinajstić information content (AvgIpc) is 3.41. The monoisotopic (exact) mass is 510 g/mol. The van der Waals surface area contributed by atoms with Crippen molar-refractivity contribution in [2.24, 2.45) is 17.8 Å². The molecule has 0 amide bonds. The second-order valence-corrected chi connectivity index (χ2v) is 11.8. The molecular formula is C26H38N8O3. The van der Waals surface area contributed by atoms with E-state index in [0.29, 0.717) is 23.3 Å². The summed E-state index contributed by atoms with van der Waals surface area (Å²) in [6.45, 7) is 9.13. The molecule has 0 radical (unpaired) electrons. The number of nitrogens with zero attached hydrogens (tertiary/aromatic N) is 6. The molecule has 6 rings (SSSR count). The topological polar surface area (TPSA) is 127 Å². The number of methoxy groups -OCH3 is 1. The Morgan fingerprint density at radius 2 is 1.89 bits per heavy atom. The molecule has 1 saturated heterocycles. The van der Waals surface area contributed by atoms with Gasteiger partial charge in [-0.1, -0.05) is 26.2 Å². The van der Waals surface area contributed by atoms with Gasteiger partial charge in [0.15, 0.2) is 11.5 Å². The van der Waals surface area contributed by atoms with Crippen LogP contribution in [0.25, 0.3) is 22.8 Å². The maximum Gasteiger partial charge on any atom is 0.460 e. The number of imidazole rings is 1. The van der Waals surface area contributed by atoms with Crippen LogP contribution < -0.4 is 16.0 Å². The maximum atomic E-state index is 11.6. The number of hydrogen-bond donors (Lipinski definition) is 2. The first-order chi connectivity index (χ1) is 17.8. The second-order valence-electron chi connectivity index (χ2n) is 11.8. The van der Waals surface area contributed by atoms with Gasteiger partial charge in [0.2, 0.25) is 17.6 Å². The number of H-pyrrole nitrogens is 1. The zero-order valence-electron chi connectivity index (χ0n) is 22.3. The lowest BCUT2D eigenvalue weighted by Crippen LogP contribution is -2.61. The molecule has 4 heterocycles. The summed E-state index contributed by atoms with van der Waals surface area (Å²) in [5, 5.41) is 6.25. The van der Waals surface area contributed by atoms with Gasteiger partial charge in [-0.3, -0.25) is 0 Å². The first kappa shape index (κ1) is 24.4. The Bertz CT molecular complexity index is 1310. The van der Waals surface area contributed by atoms with E-state index in [2.05, 4.69) is 45.7 Å². The van der Waals surface area contributed by atoms with Crippen LogP contribution >= 0.6 is 0 Å². The van der Waals surface area contributed by atoms with Gasteiger partial charge in [0, 0.05) is 19.7 Å². The summed E-state index contributed by atoms with van der Waals surface area (Å²) < 4.78 is 12.9. The van der Waals surface area contributed by atoms with Gasteiger partial charge in [-0.25, -0.2) is 14.8 Å². The predicted molar refractivity (Wildman–Crippen MR) is 141 cm³/mol. The molecular weight excluding hydrogens is 472 g/mol. The highest BCUT2D eigenvalue weighted by Crippen LogP contribution is 2.38. The molecule has 1 atom stereocenters. The predicted octanol–water partition coefficient (Wildman–Crippen LogP) is 3.82. The Morgan fingerprint density at radius 3 is 2.51 bits per heavy atom. The van der Waals surface area contributed by atoms with E-state index in [9.17, 15) is 4.79 Å². The van der Waals surface area contributed by atoms with Gasteiger partial charge in [-0.15, -0.1) is 4.98 Å². The number of fused-ring (bicyclic) bond motifs is 1. The lowest BCUT2D eigenvalue weighted by atomic mass is 9.80. The lowest BCUT2D eigenvalue weighted by Gasteiger charge is -2.47.